The number of carbonyl (C=O) groups excluding carboxylic acids is 1. The highest BCUT2D eigenvalue weighted by Crippen LogP contribution is 2.36. The van der Waals surface area contributed by atoms with E-state index in [4.69, 9.17) is 37.4 Å². The Hall–Kier alpha value is -3.15. The van der Waals surface area contributed by atoms with Crippen molar-refractivity contribution in [2.45, 2.75) is 13.5 Å². The largest absolute Gasteiger partial charge is 0.490 e. The molecule has 0 saturated carbocycles. The van der Waals surface area contributed by atoms with Crippen molar-refractivity contribution in [2.24, 2.45) is 4.99 Å². The molecule has 1 aliphatic heterocycles. The molecular formula is C25H17Cl2IN2O6. The molecule has 1 heterocycles. The Kier molecular flexibility index (Phi) is 8.12. The first-order valence-electron chi connectivity index (χ1n) is 10.6. The fraction of sp³-hybridized carbons (Fsp3) is 0.120. The minimum atomic E-state index is -0.671. The van der Waals surface area contributed by atoms with Crippen LogP contribution in [0.15, 0.2) is 65.3 Å². The summed E-state index contributed by atoms with van der Waals surface area (Å²) in [5.74, 6) is 0.383. The van der Waals surface area contributed by atoms with Crippen LogP contribution in [0.2, 0.25) is 10.0 Å². The number of benzene rings is 3. The normalized spacial score (nSPS) is 13.9. The number of carbonyl (C=O) groups is 1. The summed E-state index contributed by atoms with van der Waals surface area (Å²) in [7, 11) is 0. The summed E-state index contributed by atoms with van der Waals surface area (Å²) >= 11 is 14.2. The summed E-state index contributed by atoms with van der Waals surface area (Å²) in [6.45, 7) is 2.60. The lowest BCUT2D eigenvalue weighted by atomic mass is 10.1. The highest BCUT2D eigenvalue weighted by Gasteiger charge is 2.27. The topological polar surface area (TPSA) is 100 Å². The minimum absolute atomic E-state index is 0.0335. The molecule has 0 aliphatic carbocycles. The number of nitro benzene ring substituents is 1. The summed E-state index contributed by atoms with van der Waals surface area (Å²) in [6, 6.07) is 14.8. The Morgan fingerprint density at radius 3 is 2.53 bits per heavy atom. The second-order valence-electron chi connectivity index (χ2n) is 7.44. The predicted octanol–water partition coefficient (Wildman–Crippen LogP) is 6.83. The number of aliphatic imine (C=N–C) groups is 1. The lowest BCUT2D eigenvalue weighted by Gasteiger charge is -2.15. The number of rotatable bonds is 8. The Labute approximate surface area is 229 Å². The zero-order valence-corrected chi connectivity index (χ0v) is 22.3. The van der Waals surface area contributed by atoms with Gasteiger partial charge in [0.1, 0.15) is 6.61 Å². The number of halogens is 3. The van der Waals surface area contributed by atoms with Crippen molar-refractivity contribution in [1.29, 1.82) is 0 Å². The Morgan fingerprint density at radius 1 is 1.11 bits per heavy atom. The van der Waals surface area contributed by atoms with Crippen molar-refractivity contribution >= 4 is 69.4 Å². The lowest BCUT2D eigenvalue weighted by molar-refractivity contribution is -0.384. The molecule has 0 unspecified atom stereocenters. The molecule has 0 atom stereocenters. The number of nitrogens with zero attached hydrogens (tertiary/aromatic N) is 2. The van der Waals surface area contributed by atoms with E-state index in [1.807, 2.05) is 25.1 Å². The van der Waals surface area contributed by atoms with Crippen LogP contribution in [0.4, 0.5) is 5.69 Å². The molecule has 184 valence electrons. The maximum atomic E-state index is 12.5. The van der Waals surface area contributed by atoms with Gasteiger partial charge < -0.3 is 14.2 Å². The first-order valence-corrected chi connectivity index (χ1v) is 12.4. The highest BCUT2D eigenvalue weighted by molar-refractivity contribution is 14.1. The molecule has 1 aliphatic rings. The highest BCUT2D eigenvalue weighted by atomic mass is 127. The van der Waals surface area contributed by atoms with Crippen LogP contribution in [0.3, 0.4) is 0 Å². The van der Waals surface area contributed by atoms with Crippen LogP contribution in [0.5, 0.6) is 11.5 Å². The predicted molar refractivity (Wildman–Crippen MR) is 145 cm³/mol. The van der Waals surface area contributed by atoms with Gasteiger partial charge >= 0.3 is 5.97 Å². The van der Waals surface area contributed by atoms with Crippen LogP contribution in [-0.4, -0.2) is 23.4 Å². The van der Waals surface area contributed by atoms with Gasteiger partial charge in [-0.05, 0) is 77.0 Å². The van der Waals surface area contributed by atoms with Gasteiger partial charge in [0.2, 0.25) is 5.90 Å². The molecule has 0 spiro atoms. The first kappa shape index (κ1) is 25.9. The fourth-order valence-corrected chi connectivity index (χ4v) is 4.45. The number of esters is 1. The summed E-state index contributed by atoms with van der Waals surface area (Å²) in [5.41, 5.74) is 1.74. The summed E-state index contributed by atoms with van der Waals surface area (Å²) in [4.78, 5) is 27.1. The van der Waals surface area contributed by atoms with Gasteiger partial charge in [0.15, 0.2) is 17.2 Å². The van der Waals surface area contributed by atoms with E-state index >= 15 is 0 Å². The third-order valence-corrected chi connectivity index (χ3v) is 6.31. The molecule has 3 aromatic rings. The van der Waals surface area contributed by atoms with Crippen molar-refractivity contribution < 1.29 is 23.9 Å². The SMILES string of the molecule is CCOc1cc(/C=C2\N=C(c3ccc([N+](=O)[O-])cc3Cl)OC2=O)cc(I)c1OCc1ccc(Cl)cc1. The number of nitro groups is 1. The molecule has 0 amide bonds. The van der Waals surface area contributed by atoms with Crippen molar-refractivity contribution in [3.63, 3.8) is 0 Å². The number of ether oxygens (including phenoxy) is 3. The zero-order chi connectivity index (χ0) is 25.8. The van der Waals surface area contributed by atoms with E-state index in [9.17, 15) is 14.9 Å². The van der Waals surface area contributed by atoms with Crippen molar-refractivity contribution in [1.82, 2.24) is 0 Å². The maximum absolute atomic E-state index is 12.5. The molecular weight excluding hydrogens is 622 g/mol. The molecule has 36 heavy (non-hydrogen) atoms. The van der Waals surface area contributed by atoms with E-state index in [1.54, 1.807) is 24.3 Å². The Morgan fingerprint density at radius 2 is 1.86 bits per heavy atom. The van der Waals surface area contributed by atoms with Crippen molar-refractivity contribution in [3.8, 4) is 11.5 Å². The van der Waals surface area contributed by atoms with Crippen molar-refractivity contribution in [3.05, 3.63) is 101 Å². The molecule has 3 aromatic carbocycles. The average molecular weight is 639 g/mol. The van der Waals surface area contributed by atoms with E-state index in [2.05, 4.69) is 27.6 Å². The van der Waals surface area contributed by atoms with Crippen LogP contribution in [-0.2, 0) is 16.1 Å². The van der Waals surface area contributed by atoms with Gasteiger partial charge in [-0.25, -0.2) is 9.79 Å². The van der Waals surface area contributed by atoms with Gasteiger partial charge in [-0.2, -0.15) is 0 Å². The monoisotopic (exact) mass is 638 g/mol. The number of hydrogen-bond acceptors (Lipinski definition) is 7. The van der Waals surface area contributed by atoms with E-state index < -0.39 is 10.9 Å². The Balaban J connectivity index is 1.61. The minimum Gasteiger partial charge on any atom is -0.490 e. The molecule has 0 fully saturated rings. The third-order valence-electron chi connectivity index (χ3n) is 4.95. The zero-order valence-electron chi connectivity index (χ0n) is 18.7. The summed E-state index contributed by atoms with van der Waals surface area (Å²) in [5, 5.41) is 11.6. The molecule has 11 heteroatoms. The third kappa shape index (κ3) is 5.97. The van der Waals surface area contributed by atoms with E-state index in [1.165, 1.54) is 18.2 Å². The second-order valence-corrected chi connectivity index (χ2v) is 9.44. The Bertz CT molecular complexity index is 1410. The number of hydrogen-bond donors (Lipinski definition) is 0. The van der Waals surface area contributed by atoms with E-state index in [0.717, 1.165) is 9.13 Å². The summed E-state index contributed by atoms with van der Waals surface area (Å²) < 4.78 is 17.9. The van der Waals surface area contributed by atoms with Gasteiger partial charge in [-0.1, -0.05) is 35.3 Å². The van der Waals surface area contributed by atoms with E-state index in [0.29, 0.717) is 35.3 Å². The maximum Gasteiger partial charge on any atom is 0.363 e. The molecule has 0 aromatic heterocycles. The van der Waals surface area contributed by atoms with Gasteiger partial charge in [-0.15, -0.1) is 0 Å². The van der Waals surface area contributed by atoms with Crippen LogP contribution < -0.4 is 9.47 Å². The lowest BCUT2D eigenvalue weighted by Crippen LogP contribution is -2.06. The molecule has 0 radical (unpaired) electrons. The van der Waals surface area contributed by atoms with Crippen LogP contribution in [0.25, 0.3) is 6.08 Å². The molecule has 4 rings (SSSR count). The smallest absolute Gasteiger partial charge is 0.363 e. The molecule has 0 saturated heterocycles. The standard InChI is InChI=1S/C25H17Cl2IN2O6/c1-2-34-22-11-15(9-20(28)23(22)35-13-14-3-5-16(26)6-4-14)10-21-25(31)36-24(29-21)18-8-7-17(30(32)33)12-19(18)27/h3-12H,2,13H2,1H3/b21-10-. The molecule has 8 nitrogen and oxygen atoms in total. The fourth-order valence-electron chi connectivity index (χ4n) is 3.28. The van der Waals surface area contributed by atoms with Crippen LogP contribution >= 0.6 is 45.8 Å². The van der Waals surface area contributed by atoms with Gasteiger partial charge in [-0.3, -0.25) is 10.1 Å². The second kappa shape index (κ2) is 11.3. The van der Waals surface area contributed by atoms with Crippen LogP contribution in [0.1, 0.15) is 23.6 Å². The van der Waals surface area contributed by atoms with E-state index in [-0.39, 0.29) is 27.9 Å². The number of cyclic esters (lactones) is 1. The van der Waals surface area contributed by atoms with Crippen molar-refractivity contribution in [2.75, 3.05) is 6.61 Å². The van der Waals surface area contributed by atoms with Crippen LogP contribution in [0, 0.1) is 13.7 Å². The quantitative estimate of drug-likeness (QED) is 0.0882. The van der Waals surface area contributed by atoms with Gasteiger partial charge in [0.05, 0.1) is 25.7 Å². The molecule has 0 N–H and O–H groups in total. The summed E-state index contributed by atoms with van der Waals surface area (Å²) in [6.07, 6.45) is 1.56. The average Bonchev–Trinajstić information content (AvgIpc) is 3.19. The number of non-ortho nitro benzene ring substituents is 1. The van der Waals surface area contributed by atoms with Gasteiger partial charge in [0.25, 0.3) is 5.69 Å². The first-order chi connectivity index (χ1) is 17.2. The molecule has 0 bridgehead atoms. The van der Waals surface area contributed by atoms with Gasteiger partial charge in [0, 0.05) is 17.2 Å².